The number of hydrogen-bond donors (Lipinski definition) is 1. The summed E-state index contributed by atoms with van der Waals surface area (Å²) in [5, 5.41) is 3.01. The van der Waals surface area contributed by atoms with Gasteiger partial charge in [-0.15, -0.1) is 0 Å². The fourth-order valence-electron chi connectivity index (χ4n) is 3.28. The van der Waals surface area contributed by atoms with E-state index in [0.29, 0.717) is 36.8 Å². The number of piperidine rings is 1. The van der Waals surface area contributed by atoms with Crippen molar-refractivity contribution < 1.29 is 23.5 Å². The Labute approximate surface area is 170 Å². The van der Waals surface area contributed by atoms with Crippen LogP contribution in [0.5, 0.6) is 11.5 Å². The van der Waals surface area contributed by atoms with Crippen LogP contribution in [0, 0.1) is 0 Å². The third-order valence-electron chi connectivity index (χ3n) is 4.81. The van der Waals surface area contributed by atoms with Gasteiger partial charge in [-0.05, 0) is 49.6 Å². The number of benzene rings is 1. The molecule has 3 rings (SSSR count). The van der Waals surface area contributed by atoms with Crippen LogP contribution >= 0.6 is 0 Å². The fourth-order valence-corrected chi connectivity index (χ4v) is 3.28. The first-order valence-electron chi connectivity index (χ1n) is 9.71. The maximum absolute atomic E-state index is 12.3. The van der Waals surface area contributed by atoms with Gasteiger partial charge in [-0.25, -0.2) is 0 Å². The molecule has 1 saturated heterocycles. The number of likely N-dealkylation sites (tertiary alicyclic amines) is 1. The Morgan fingerprint density at radius 3 is 2.69 bits per heavy atom. The van der Waals surface area contributed by atoms with E-state index in [1.54, 1.807) is 24.2 Å². The molecule has 1 N–H and O–H groups in total. The lowest BCUT2D eigenvalue weighted by atomic mass is 10.0. The van der Waals surface area contributed by atoms with Gasteiger partial charge >= 0.3 is 0 Å². The first-order valence-corrected chi connectivity index (χ1v) is 9.71. The molecule has 1 aromatic carbocycles. The molecule has 7 heteroatoms. The molecule has 2 heterocycles. The van der Waals surface area contributed by atoms with Gasteiger partial charge in [0.05, 0.1) is 25.5 Å². The van der Waals surface area contributed by atoms with Crippen molar-refractivity contribution in [2.75, 3.05) is 26.8 Å². The van der Waals surface area contributed by atoms with Gasteiger partial charge < -0.3 is 24.1 Å². The number of nitrogens with zero attached hydrogens (tertiary/aromatic N) is 1. The summed E-state index contributed by atoms with van der Waals surface area (Å²) in [5.74, 6) is 1.11. The van der Waals surface area contributed by atoms with Gasteiger partial charge in [0.25, 0.3) is 5.91 Å². The van der Waals surface area contributed by atoms with Crippen molar-refractivity contribution >= 4 is 17.9 Å². The van der Waals surface area contributed by atoms with E-state index in [1.807, 2.05) is 25.1 Å². The van der Waals surface area contributed by atoms with E-state index in [4.69, 9.17) is 13.9 Å². The van der Waals surface area contributed by atoms with Crippen molar-refractivity contribution in [3.63, 3.8) is 0 Å². The van der Waals surface area contributed by atoms with Gasteiger partial charge in [0.1, 0.15) is 6.26 Å². The first-order chi connectivity index (χ1) is 14.1. The summed E-state index contributed by atoms with van der Waals surface area (Å²) in [6.07, 6.45) is 7.65. The minimum Gasteiger partial charge on any atom is -0.493 e. The van der Waals surface area contributed by atoms with Crippen molar-refractivity contribution in [1.29, 1.82) is 0 Å². The Morgan fingerprint density at radius 2 is 2.03 bits per heavy atom. The SMILES string of the molecule is CCOc1ccc(/C=C/C(=O)NC2CCN(C(=O)c3ccoc3)CC2)cc1OC. The summed E-state index contributed by atoms with van der Waals surface area (Å²) in [6, 6.07) is 7.24. The summed E-state index contributed by atoms with van der Waals surface area (Å²) >= 11 is 0. The highest BCUT2D eigenvalue weighted by atomic mass is 16.5. The number of nitrogens with one attached hydrogen (secondary N) is 1. The molecule has 1 fully saturated rings. The van der Waals surface area contributed by atoms with Gasteiger partial charge in [-0.1, -0.05) is 6.07 Å². The minimum absolute atomic E-state index is 0.0344. The summed E-state index contributed by atoms with van der Waals surface area (Å²) in [7, 11) is 1.59. The van der Waals surface area contributed by atoms with Crippen molar-refractivity contribution in [3.8, 4) is 11.5 Å². The molecular formula is C22H26N2O5. The topological polar surface area (TPSA) is 81.0 Å². The summed E-state index contributed by atoms with van der Waals surface area (Å²) < 4.78 is 15.8. The number of carbonyl (C=O) groups is 2. The highest BCUT2D eigenvalue weighted by Crippen LogP contribution is 2.28. The molecule has 0 saturated carbocycles. The van der Waals surface area contributed by atoms with Crippen molar-refractivity contribution in [1.82, 2.24) is 10.2 Å². The summed E-state index contributed by atoms with van der Waals surface area (Å²) in [4.78, 5) is 26.4. The second kappa shape index (κ2) is 9.82. The van der Waals surface area contributed by atoms with Crippen LogP contribution in [0.3, 0.4) is 0 Å². The maximum Gasteiger partial charge on any atom is 0.257 e. The number of ether oxygens (including phenoxy) is 2. The van der Waals surface area contributed by atoms with Crippen LogP contribution in [0.4, 0.5) is 0 Å². The Balaban J connectivity index is 1.49. The molecule has 0 radical (unpaired) electrons. The Bertz CT molecular complexity index is 852. The lowest BCUT2D eigenvalue weighted by molar-refractivity contribution is -0.117. The standard InChI is InChI=1S/C22H26N2O5/c1-3-29-19-6-4-16(14-20(19)27-2)5-7-21(25)23-18-8-11-24(12-9-18)22(26)17-10-13-28-15-17/h4-7,10,13-15,18H,3,8-9,11-12H2,1-2H3,(H,23,25)/b7-5+. The predicted octanol–water partition coefficient (Wildman–Crippen LogP) is 3.12. The molecular weight excluding hydrogens is 372 g/mol. The van der Waals surface area contributed by atoms with Gasteiger partial charge in [-0.3, -0.25) is 9.59 Å². The van der Waals surface area contributed by atoms with E-state index < -0.39 is 0 Å². The highest BCUT2D eigenvalue weighted by molar-refractivity contribution is 5.94. The van der Waals surface area contributed by atoms with E-state index in [1.165, 1.54) is 18.6 Å². The minimum atomic E-state index is -0.155. The molecule has 154 valence electrons. The largest absolute Gasteiger partial charge is 0.493 e. The van der Waals surface area contributed by atoms with Crippen LogP contribution < -0.4 is 14.8 Å². The maximum atomic E-state index is 12.3. The summed E-state index contributed by atoms with van der Waals surface area (Å²) in [5.41, 5.74) is 1.40. The van der Waals surface area contributed by atoms with E-state index >= 15 is 0 Å². The van der Waals surface area contributed by atoms with E-state index in [0.717, 1.165) is 18.4 Å². The molecule has 2 aromatic rings. The van der Waals surface area contributed by atoms with Gasteiger partial charge in [-0.2, -0.15) is 0 Å². The van der Waals surface area contributed by atoms with E-state index in [-0.39, 0.29) is 17.9 Å². The van der Waals surface area contributed by atoms with Crippen LogP contribution in [0.2, 0.25) is 0 Å². The van der Waals surface area contributed by atoms with Crippen LogP contribution in [-0.2, 0) is 4.79 Å². The average molecular weight is 398 g/mol. The Morgan fingerprint density at radius 1 is 1.24 bits per heavy atom. The number of hydrogen-bond acceptors (Lipinski definition) is 5. The van der Waals surface area contributed by atoms with Crippen LogP contribution in [0.15, 0.2) is 47.3 Å². The van der Waals surface area contributed by atoms with Crippen molar-refractivity contribution in [2.24, 2.45) is 0 Å². The molecule has 0 spiro atoms. The molecule has 1 aromatic heterocycles. The average Bonchev–Trinajstić information content (AvgIpc) is 3.28. The zero-order valence-corrected chi connectivity index (χ0v) is 16.7. The molecule has 7 nitrogen and oxygen atoms in total. The smallest absolute Gasteiger partial charge is 0.257 e. The lowest BCUT2D eigenvalue weighted by Crippen LogP contribution is -2.46. The van der Waals surface area contributed by atoms with Crippen molar-refractivity contribution in [3.05, 3.63) is 54.0 Å². The van der Waals surface area contributed by atoms with Gasteiger partial charge in [0.15, 0.2) is 11.5 Å². The van der Waals surface area contributed by atoms with Gasteiger partial charge in [0, 0.05) is 25.2 Å². The third kappa shape index (κ3) is 5.40. The second-order valence-corrected chi connectivity index (χ2v) is 6.76. The first kappa shape index (κ1) is 20.5. The number of carbonyl (C=O) groups excluding carboxylic acids is 2. The molecule has 1 aliphatic heterocycles. The number of methoxy groups -OCH3 is 1. The molecule has 0 unspecified atom stereocenters. The predicted molar refractivity (Wildman–Crippen MR) is 109 cm³/mol. The monoisotopic (exact) mass is 398 g/mol. The number of rotatable bonds is 7. The quantitative estimate of drug-likeness (QED) is 0.725. The lowest BCUT2D eigenvalue weighted by Gasteiger charge is -2.32. The Kier molecular flexibility index (Phi) is 6.94. The van der Waals surface area contributed by atoms with Crippen LogP contribution in [0.25, 0.3) is 6.08 Å². The molecule has 29 heavy (non-hydrogen) atoms. The normalized spacial score (nSPS) is 14.8. The molecule has 0 aliphatic carbocycles. The molecule has 1 aliphatic rings. The molecule has 0 bridgehead atoms. The second-order valence-electron chi connectivity index (χ2n) is 6.76. The zero-order valence-electron chi connectivity index (χ0n) is 16.7. The fraction of sp³-hybridized carbons (Fsp3) is 0.364. The number of amides is 2. The highest BCUT2D eigenvalue weighted by Gasteiger charge is 2.24. The third-order valence-corrected chi connectivity index (χ3v) is 4.81. The van der Waals surface area contributed by atoms with E-state index in [9.17, 15) is 9.59 Å². The van der Waals surface area contributed by atoms with Crippen LogP contribution in [-0.4, -0.2) is 49.6 Å². The van der Waals surface area contributed by atoms with Crippen LogP contribution in [0.1, 0.15) is 35.7 Å². The van der Waals surface area contributed by atoms with Crippen molar-refractivity contribution in [2.45, 2.75) is 25.8 Å². The number of furan rings is 1. The van der Waals surface area contributed by atoms with E-state index in [2.05, 4.69) is 5.32 Å². The molecule has 0 atom stereocenters. The zero-order chi connectivity index (χ0) is 20.6. The van der Waals surface area contributed by atoms with Gasteiger partial charge in [0.2, 0.25) is 5.91 Å². The Hall–Kier alpha value is -3.22. The summed E-state index contributed by atoms with van der Waals surface area (Å²) in [6.45, 7) is 3.68. The molecule has 2 amide bonds.